The number of rotatable bonds is 7. The first-order chi connectivity index (χ1) is 9.62. The zero-order chi connectivity index (χ0) is 14.7. The molecule has 0 aromatic rings. The fourth-order valence-corrected chi connectivity index (χ4v) is 3.53. The number of carbonyl (C=O) groups is 2. The number of amides is 2. The molecule has 0 radical (unpaired) electrons. The molecular weight excluding hydrogens is 256 g/mol. The van der Waals surface area contributed by atoms with Crippen LogP contribution in [-0.4, -0.2) is 42.5 Å². The highest BCUT2D eigenvalue weighted by Gasteiger charge is 2.51. The van der Waals surface area contributed by atoms with E-state index in [0.29, 0.717) is 32.0 Å². The van der Waals surface area contributed by atoms with Crippen LogP contribution in [0, 0.1) is 17.8 Å². The minimum atomic E-state index is -0.0653. The zero-order valence-corrected chi connectivity index (χ0v) is 12.5. The molecule has 2 rings (SSSR count). The first kappa shape index (κ1) is 15.4. The van der Waals surface area contributed by atoms with Gasteiger partial charge in [0.15, 0.2) is 0 Å². The van der Waals surface area contributed by atoms with Crippen molar-refractivity contribution in [3.63, 3.8) is 0 Å². The van der Waals surface area contributed by atoms with Gasteiger partial charge in [-0.2, -0.15) is 0 Å². The van der Waals surface area contributed by atoms with Crippen LogP contribution in [0.15, 0.2) is 0 Å². The lowest BCUT2D eigenvalue weighted by atomic mass is 10.00. The van der Waals surface area contributed by atoms with E-state index in [4.69, 9.17) is 10.5 Å². The summed E-state index contributed by atoms with van der Waals surface area (Å²) in [7, 11) is 0. The van der Waals surface area contributed by atoms with E-state index in [1.165, 1.54) is 4.90 Å². The fourth-order valence-electron chi connectivity index (χ4n) is 3.53. The zero-order valence-electron chi connectivity index (χ0n) is 12.5. The highest BCUT2D eigenvalue weighted by Crippen LogP contribution is 2.44. The maximum atomic E-state index is 12.4. The van der Waals surface area contributed by atoms with E-state index in [1.807, 2.05) is 6.92 Å². The van der Waals surface area contributed by atoms with Gasteiger partial charge in [0.25, 0.3) is 0 Å². The van der Waals surface area contributed by atoms with E-state index in [9.17, 15) is 9.59 Å². The number of fused-ring (bicyclic) bond motifs is 1. The molecular formula is C15H26N2O3. The highest BCUT2D eigenvalue weighted by atomic mass is 16.5. The Morgan fingerprint density at radius 2 is 1.85 bits per heavy atom. The summed E-state index contributed by atoms with van der Waals surface area (Å²) in [5.41, 5.74) is 5.63. The Morgan fingerprint density at radius 3 is 2.30 bits per heavy atom. The number of imide groups is 1. The highest BCUT2D eigenvalue weighted by molar-refractivity contribution is 6.05. The fraction of sp³-hybridized carbons (Fsp3) is 0.867. The van der Waals surface area contributed by atoms with Gasteiger partial charge < -0.3 is 10.5 Å². The summed E-state index contributed by atoms with van der Waals surface area (Å²) < 4.78 is 5.48. The minimum Gasteiger partial charge on any atom is -0.377 e. The molecule has 1 aliphatic carbocycles. The lowest BCUT2D eigenvalue weighted by Gasteiger charge is -2.21. The van der Waals surface area contributed by atoms with Gasteiger partial charge in [-0.3, -0.25) is 14.5 Å². The van der Waals surface area contributed by atoms with E-state index in [2.05, 4.69) is 6.92 Å². The van der Waals surface area contributed by atoms with Gasteiger partial charge in [0, 0.05) is 19.7 Å². The van der Waals surface area contributed by atoms with Crippen LogP contribution in [0.4, 0.5) is 0 Å². The predicted octanol–water partition coefficient (Wildman–Crippen LogP) is 1.16. The number of hydrogen-bond acceptors (Lipinski definition) is 4. The van der Waals surface area contributed by atoms with Crippen molar-refractivity contribution in [3.8, 4) is 0 Å². The molecule has 114 valence electrons. The van der Waals surface area contributed by atoms with Gasteiger partial charge in [0.05, 0.1) is 17.9 Å². The third-order valence-corrected chi connectivity index (χ3v) is 4.74. The third kappa shape index (κ3) is 2.88. The molecule has 20 heavy (non-hydrogen) atoms. The van der Waals surface area contributed by atoms with Crippen molar-refractivity contribution in [1.82, 2.24) is 4.90 Å². The van der Waals surface area contributed by atoms with Crippen LogP contribution in [0.3, 0.4) is 0 Å². The molecule has 5 nitrogen and oxygen atoms in total. The Kier molecular flexibility index (Phi) is 5.16. The third-order valence-electron chi connectivity index (χ3n) is 4.74. The van der Waals surface area contributed by atoms with Gasteiger partial charge >= 0.3 is 0 Å². The average Bonchev–Trinajstić information content (AvgIpc) is 2.97. The van der Waals surface area contributed by atoms with Crippen LogP contribution in [0.1, 0.15) is 39.5 Å². The van der Waals surface area contributed by atoms with Gasteiger partial charge in [0.1, 0.15) is 0 Å². The Balaban J connectivity index is 1.92. The molecule has 0 spiro atoms. The number of nitrogens with zero attached hydrogens (tertiary/aromatic N) is 1. The normalized spacial score (nSPS) is 30.9. The lowest BCUT2D eigenvalue weighted by molar-refractivity contribution is -0.141. The number of ether oxygens (including phenoxy) is 1. The maximum absolute atomic E-state index is 12.4. The van der Waals surface area contributed by atoms with E-state index in [0.717, 1.165) is 19.3 Å². The van der Waals surface area contributed by atoms with Crippen LogP contribution >= 0.6 is 0 Å². The van der Waals surface area contributed by atoms with Crippen molar-refractivity contribution in [2.24, 2.45) is 23.5 Å². The van der Waals surface area contributed by atoms with Crippen molar-refractivity contribution >= 4 is 11.8 Å². The van der Waals surface area contributed by atoms with E-state index < -0.39 is 0 Å². The molecule has 1 saturated heterocycles. The molecule has 2 amide bonds. The van der Waals surface area contributed by atoms with Crippen molar-refractivity contribution < 1.29 is 14.3 Å². The Hall–Kier alpha value is -0.940. The Bertz CT molecular complexity index is 348. The number of carbonyl (C=O) groups excluding carboxylic acids is 2. The molecule has 3 atom stereocenters. The van der Waals surface area contributed by atoms with Crippen LogP contribution in [-0.2, 0) is 14.3 Å². The summed E-state index contributed by atoms with van der Waals surface area (Å²) in [6.45, 7) is 5.53. The predicted molar refractivity (Wildman–Crippen MR) is 75.8 cm³/mol. The smallest absolute Gasteiger partial charge is 0.233 e. The van der Waals surface area contributed by atoms with Crippen molar-refractivity contribution in [1.29, 1.82) is 0 Å². The van der Waals surface area contributed by atoms with Crippen molar-refractivity contribution in [2.45, 2.75) is 45.6 Å². The number of nitrogens with two attached hydrogens (primary N) is 1. The van der Waals surface area contributed by atoms with Gasteiger partial charge in [0.2, 0.25) is 11.8 Å². The quantitative estimate of drug-likeness (QED) is 0.711. The van der Waals surface area contributed by atoms with Gasteiger partial charge in [-0.1, -0.05) is 13.3 Å². The standard InChI is InChI=1S/C15H26N2O3/c1-3-10-7-12-13(8-10)15(19)17(14(12)18)6-5-11(9-16)20-4-2/h10-13H,3-9,16H2,1-2H3. The van der Waals surface area contributed by atoms with Crippen LogP contribution in [0.2, 0.25) is 0 Å². The molecule has 0 aromatic heterocycles. The van der Waals surface area contributed by atoms with Gasteiger partial charge in [-0.05, 0) is 32.1 Å². The summed E-state index contributed by atoms with van der Waals surface area (Å²) in [6.07, 6.45) is 3.40. The number of hydrogen-bond donors (Lipinski definition) is 1. The second kappa shape index (κ2) is 6.68. The molecule has 1 saturated carbocycles. The largest absolute Gasteiger partial charge is 0.377 e. The minimum absolute atomic E-state index is 0.0308. The molecule has 0 bridgehead atoms. The molecule has 2 aliphatic rings. The number of likely N-dealkylation sites (tertiary alicyclic amines) is 1. The average molecular weight is 282 g/mol. The van der Waals surface area contributed by atoms with Crippen molar-refractivity contribution in [3.05, 3.63) is 0 Å². The molecule has 1 heterocycles. The topological polar surface area (TPSA) is 72.6 Å². The Labute approximate surface area is 120 Å². The summed E-state index contributed by atoms with van der Waals surface area (Å²) in [4.78, 5) is 26.1. The second-order valence-corrected chi connectivity index (χ2v) is 5.89. The van der Waals surface area contributed by atoms with Crippen LogP contribution in [0.25, 0.3) is 0 Å². The second-order valence-electron chi connectivity index (χ2n) is 5.89. The van der Waals surface area contributed by atoms with Crippen molar-refractivity contribution in [2.75, 3.05) is 19.7 Å². The van der Waals surface area contributed by atoms with Crippen LogP contribution in [0.5, 0.6) is 0 Å². The first-order valence-corrected chi connectivity index (χ1v) is 7.79. The van der Waals surface area contributed by atoms with E-state index in [1.54, 1.807) is 0 Å². The molecule has 2 N–H and O–H groups in total. The van der Waals surface area contributed by atoms with Gasteiger partial charge in [-0.15, -0.1) is 0 Å². The summed E-state index contributed by atoms with van der Waals surface area (Å²) >= 11 is 0. The molecule has 5 heteroatoms. The molecule has 1 aliphatic heterocycles. The lowest BCUT2D eigenvalue weighted by Crippen LogP contribution is -2.36. The molecule has 0 aromatic carbocycles. The molecule has 2 fully saturated rings. The summed E-state index contributed by atoms with van der Waals surface area (Å²) in [5, 5.41) is 0. The van der Waals surface area contributed by atoms with Gasteiger partial charge in [-0.25, -0.2) is 0 Å². The van der Waals surface area contributed by atoms with E-state index in [-0.39, 0.29) is 29.8 Å². The van der Waals surface area contributed by atoms with E-state index >= 15 is 0 Å². The first-order valence-electron chi connectivity index (χ1n) is 7.79. The van der Waals surface area contributed by atoms with Crippen LogP contribution < -0.4 is 5.73 Å². The Morgan fingerprint density at radius 1 is 1.25 bits per heavy atom. The summed E-state index contributed by atoms with van der Waals surface area (Å²) in [6, 6.07) is 0. The monoisotopic (exact) mass is 282 g/mol. The summed E-state index contributed by atoms with van der Waals surface area (Å²) in [5.74, 6) is 0.485. The molecule has 3 unspecified atom stereocenters. The SMILES string of the molecule is CCOC(CN)CCN1C(=O)C2CC(CC)CC2C1=O. The maximum Gasteiger partial charge on any atom is 0.233 e.